The SMILES string of the molecule is Cn1c(-c2ccccc2)nc2c1C=NC(c1ccccc1)C(c1ccccc1)=C2. The molecule has 0 saturated carbocycles. The lowest BCUT2D eigenvalue weighted by Crippen LogP contribution is -2.01. The fourth-order valence-corrected chi connectivity index (χ4v) is 3.86. The number of nitrogens with zero attached hydrogens (tertiary/aromatic N) is 3. The number of hydrogen-bond donors (Lipinski definition) is 0. The van der Waals surface area contributed by atoms with Crippen molar-refractivity contribution in [1.29, 1.82) is 0 Å². The number of aliphatic imine (C=N–C) groups is 1. The summed E-state index contributed by atoms with van der Waals surface area (Å²) in [7, 11) is 2.05. The van der Waals surface area contributed by atoms with Crippen LogP contribution in [0.5, 0.6) is 0 Å². The van der Waals surface area contributed by atoms with Crippen LogP contribution in [0, 0.1) is 0 Å². The number of imidazole rings is 1. The molecule has 2 heterocycles. The number of benzene rings is 3. The van der Waals surface area contributed by atoms with Gasteiger partial charge in [0.1, 0.15) is 11.9 Å². The molecular formula is C26H21N3. The average Bonchev–Trinajstić information content (AvgIpc) is 2.98. The van der Waals surface area contributed by atoms with E-state index in [2.05, 4.69) is 78.4 Å². The Bertz CT molecular complexity index is 1190. The van der Waals surface area contributed by atoms with Crippen LogP contribution in [0.25, 0.3) is 23.0 Å². The van der Waals surface area contributed by atoms with Gasteiger partial charge in [-0.1, -0.05) is 91.0 Å². The smallest absolute Gasteiger partial charge is 0.140 e. The molecule has 0 saturated heterocycles. The third-order valence-electron chi connectivity index (χ3n) is 5.35. The van der Waals surface area contributed by atoms with E-state index in [0.717, 1.165) is 28.3 Å². The molecule has 1 aliphatic rings. The largest absolute Gasteiger partial charge is 0.326 e. The lowest BCUT2D eigenvalue weighted by Gasteiger charge is -2.16. The molecule has 0 aliphatic carbocycles. The van der Waals surface area contributed by atoms with Gasteiger partial charge in [-0.2, -0.15) is 0 Å². The first-order chi connectivity index (χ1) is 14.3. The van der Waals surface area contributed by atoms with Crippen molar-refractivity contribution in [1.82, 2.24) is 9.55 Å². The maximum Gasteiger partial charge on any atom is 0.140 e. The van der Waals surface area contributed by atoms with Crippen LogP contribution in [0.15, 0.2) is 96.0 Å². The van der Waals surface area contributed by atoms with Crippen molar-refractivity contribution in [2.75, 3.05) is 0 Å². The van der Waals surface area contributed by atoms with Crippen molar-refractivity contribution in [3.8, 4) is 11.4 Å². The second-order valence-electron chi connectivity index (χ2n) is 7.19. The van der Waals surface area contributed by atoms with Crippen molar-refractivity contribution in [3.63, 3.8) is 0 Å². The van der Waals surface area contributed by atoms with Gasteiger partial charge in [0.2, 0.25) is 0 Å². The molecule has 1 atom stereocenters. The Kier molecular flexibility index (Phi) is 4.41. The van der Waals surface area contributed by atoms with Crippen LogP contribution in [-0.4, -0.2) is 15.8 Å². The standard InChI is InChI=1S/C26H21N3/c1-29-24-18-27-25(20-13-7-3-8-14-20)22(19-11-5-2-6-12-19)17-23(24)28-26(29)21-15-9-4-10-16-21/h2-18,25H,1H3. The summed E-state index contributed by atoms with van der Waals surface area (Å²) in [6.07, 6.45) is 4.17. The van der Waals surface area contributed by atoms with Gasteiger partial charge in [-0.05, 0) is 22.8 Å². The fraction of sp³-hybridized carbons (Fsp3) is 0.0769. The predicted octanol–water partition coefficient (Wildman–Crippen LogP) is 5.80. The van der Waals surface area contributed by atoms with E-state index in [4.69, 9.17) is 9.98 Å². The molecule has 3 nitrogen and oxygen atoms in total. The molecule has 0 spiro atoms. The zero-order chi connectivity index (χ0) is 19.6. The monoisotopic (exact) mass is 375 g/mol. The summed E-state index contributed by atoms with van der Waals surface area (Å²) >= 11 is 0. The Labute approximate surface area is 170 Å². The molecule has 1 aliphatic heterocycles. The van der Waals surface area contributed by atoms with Crippen LogP contribution in [0.1, 0.15) is 28.6 Å². The van der Waals surface area contributed by atoms with Gasteiger partial charge in [0.25, 0.3) is 0 Å². The van der Waals surface area contributed by atoms with E-state index in [1.165, 1.54) is 11.1 Å². The van der Waals surface area contributed by atoms with E-state index in [-0.39, 0.29) is 6.04 Å². The van der Waals surface area contributed by atoms with Gasteiger partial charge in [0.05, 0.1) is 11.4 Å². The van der Waals surface area contributed by atoms with Crippen LogP contribution in [0.3, 0.4) is 0 Å². The maximum absolute atomic E-state index is 5.01. The second-order valence-corrected chi connectivity index (χ2v) is 7.19. The van der Waals surface area contributed by atoms with Crippen molar-refractivity contribution in [2.24, 2.45) is 12.0 Å². The highest BCUT2D eigenvalue weighted by Gasteiger charge is 2.23. The van der Waals surface area contributed by atoms with Gasteiger partial charge in [0.15, 0.2) is 0 Å². The Morgan fingerprint density at radius 1 is 0.724 bits per heavy atom. The van der Waals surface area contributed by atoms with Gasteiger partial charge in [0, 0.05) is 18.8 Å². The molecule has 4 aromatic rings. The zero-order valence-electron chi connectivity index (χ0n) is 16.2. The summed E-state index contributed by atoms with van der Waals surface area (Å²) in [6.45, 7) is 0. The summed E-state index contributed by atoms with van der Waals surface area (Å²) in [4.78, 5) is 9.99. The summed E-state index contributed by atoms with van der Waals surface area (Å²) < 4.78 is 2.13. The van der Waals surface area contributed by atoms with Crippen LogP contribution in [0.4, 0.5) is 0 Å². The first kappa shape index (κ1) is 17.4. The molecule has 0 bridgehead atoms. The third-order valence-corrected chi connectivity index (χ3v) is 5.35. The molecule has 1 unspecified atom stereocenters. The molecule has 29 heavy (non-hydrogen) atoms. The molecule has 5 rings (SSSR count). The highest BCUT2D eigenvalue weighted by molar-refractivity contribution is 5.94. The van der Waals surface area contributed by atoms with Crippen LogP contribution < -0.4 is 0 Å². The topological polar surface area (TPSA) is 30.2 Å². The number of hydrogen-bond acceptors (Lipinski definition) is 2. The molecule has 3 aromatic carbocycles. The molecule has 1 aromatic heterocycles. The highest BCUT2D eigenvalue weighted by Crippen LogP contribution is 2.37. The molecule has 0 amide bonds. The van der Waals surface area contributed by atoms with E-state index in [1.807, 2.05) is 36.5 Å². The predicted molar refractivity (Wildman–Crippen MR) is 120 cm³/mol. The third kappa shape index (κ3) is 3.21. The van der Waals surface area contributed by atoms with Crippen LogP contribution >= 0.6 is 0 Å². The van der Waals surface area contributed by atoms with Crippen molar-refractivity contribution < 1.29 is 0 Å². The van der Waals surface area contributed by atoms with Gasteiger partial charge in [-0.25, -0.2) is 4.98 Å². The first-order valence-electron chi connectivity index (χ1n) is 9.78. The van der Waals surface area contributed by atoms with E-state index in [0.29, 0.717) is 0 Å². The van der Waals surface area contributed by atoms with E-state index >= 15 is 0 Å². The minimum absolute atomic E-state index is 0.0621. The minimum Gasteiger partial charge on any atom is -0.326 e. The fourth-order valence-electron chi connectivity index (χ4n) is 3.86. The summed E-state index contributed by atoms with van der Waals surface area (Å²) in [5.74, 6) is 0.948. The molecule has 0 fully saturated rings. The lowest BCUT2D eigenvalue weighted by atomic mass is 9.93. The minimum atomic E-state index is -0.0621. The number of rotatable bonds is 3. The zero-order valence-corrected chi connectivity index (χ0v) is 16.2. The Balaban J connectivity index is 1.69. The Hall–Kier alpha value is -3.72. The van der Waals surface area contributed by atoms with Gasteiger partial charge < -0.3 is 4.57 Å². The van der Waals surface area contributed by atoms with Crippen molar-refractivity contribution >= 4 is 17.9 Å². The molecule has 0 N–H and O–H groups in total. The van der Waals surface area contributed by atoms with E-state index in [1.54, 1.807) is 0 Å². The van der Waals surface area contributed by atoms with E-state index in [9.17, 15) is 0 Å². The molecule has 3 heteroatoms. The summed E-state index contributed by atoms with van der Waals surface area (Å²) in [5.41, 5.74) is 6.58. The first-order valence-corrected chi connectivity index (χ1v) is 9.78. The molecule has 140 valence electrons. The quantitative estimate of drug-likeness (QED) is 0.445. The Morgan fingerprint density at radius 3 is 1.97 bits per heavy atom. The Morgan fingerprint density at radius 2 is 1.31 bits per heavy atom. The van der Waals surface area contributed by atoms with Crippen molar-refractivity contribution in [3.05, 3.63) is 114 Å². The van der Waals surface area contributed by atoms with Crippen molar-refractivity contribution in [2.45, 2.75) is 6.04 Å². The van der Waals surface area contributed by atoms with Gasteiger partial charge >= 0.3 is 0 Å². The van der Waals surface area contributed by atoms with Gasteiger partial charge in [-0.15, -0.1) is 0 Å². The normalized spacial score (nSPS) is 15.5. The maximum atomic E-state index is 5.01. The lowest BCUT2D eigenvalue weighted by molar-refractivity contribution is 0.906. The second kappa shape index (κ2) is 7.36. The summed E-state index contributed by atoms with van der Waals surface area (Å²) in [6, 6.07) is 31.1. The average molecular weight is 375 g/mol. The molecular weight excluding hydrogens is 354 g/mol. The number of aromatic nitrogens is 2. The molecule has 0 radical (unpaired) electrons. The van der Waals surface area contributed by atoms with E-state index < -0.39 is 0 Å². The van der Waals surface area contributed by atoms with Gasteiger partial charge in [-0.3, -0.25) is 4.99 Å². The highest BCUT2D eigenvalue weighted by atomic mass is 15.1. The summed E-state index contributed by atoms with van der Waals surface area (Å²) in [5, 5.41) is 0. The van der Waals surface area contributed by atoms with Crippen LogP contribution in [-0.2, 0) is 7.05 Å². The van der Waals surface area contributed by atoms with Crippen LogP contribution in [0.2, 0.25) is 0 Å². The number of fused-ring (bicyclic) bond motifs is 1.